The third-order valence-electron chi connectivity index (χ3n) is 4.42. The number of fused-ring (bicyclic) bond motifs is 3. The third kappa shape index (κ3) is 2.15. The van der Waals surface area contributed by atoms with Crippen molar-refractivity contribution in [3.63, 3.8) is 0 Å². The number of aromatic carboxylic acids is 1. The number of hydrogen-bond donors (Lipinski definition) is 1. The summed E-state index contributed by atoms with van der Waals surface area (Å²) < 4.78 is 2.88. The Morgan fingerprint density at radius 2 is 1.76 bits per heavy atom. The molecule has 124 valence electrons. The van der Waals surface area contributed by atoms with Crippen LogP contribution in [0.25, 0.3) is 27.5 Å². The van der Waals surface area contributed by atoms with Crippen LogP contribution in [0.3, 0.4) is 0 Å². The van der Waals surface area contributed by atoms with E-state index in [4.69, 9.17) is 0 Å². The summed E-state index contributed by atoms with van der Waals surface area (Å²) in [7, 11) is 1.76. The van der Waals surface area contributed by atoms with E-state index in [1.54, 1.807) is 29.8 Å². The Bertz CT molecular complexity index is 1200. The van der Waals surface area contributed by atoms with Gasteiger partial charge in [-0.3, -0.25) is 4.79 Å². The van der Waals surface area contributed by atoms with Gasteiger partial charge in [0.15, 0.2) is 5.69 Å². The fourth-order valence-corrected chi connectivity index (χ4v) is 3.19. The number of nitrogens with zero attached hydrogens (tertiary/aromatic N) is 3. The molecule has 0 saturated heterocycles. The molecule has 0 aliphatic heterocycles. The standard InChI is InChI=1S/C19H15N3O3/c1-11-7-9-12(10-8-11)22-18(23)17-15(16(20-22)19(24)25)13-5-3-4-6-14(13)21(17)2/h3-10H,1-2H3,(H,24,25). The second kappa shape index (κ2) is 5.31. The number of para-hydroxylation sites is 1. The molecule has 4 rings (SSSR count). The number of carboxylic acid groups (broad SMARTS) is 1. The van der Waals surface area contributed by atoms with Gasteiger partial charge in [-0.25, -0.2) is 4.79 Å². The van der Waals surface area contributed by atoms with Crippen molar-refractivity contribution >= 4 is 27.8 Å². The average Bonchev–Trinajstić information content (AvgIpc) is 2.90. The Kier molecular flexibility index (Phi) is 3.21. The Hall–Kier alpha value is -3.41. The first-order valence-electron chi connectivity index (χ1n) is 7.80. The van der Waals surface area contributed by atoms with Crippen LogP contribution in [0.5, 0.6) is 0 Å². The van der Waals surface area contributed by atoms with Crippen LogP contribution in [0.1, 0.15) is 16.1 Å². The van der Waals surface area contributed by atoms with Gasteiger partial charge in [-0.1, -0.05) is 35.9 Å². The van der Waals surface area contributed by atoms with Crippen LogP contribution in [0, 0.1) is 6.92 Å². The Balaban J connectivity index is 2.21. The number of carbonyl (C=O) groups is 1. The zero-order chi connectivity index (χ0) is 17.7. The molecular formula is C19H15N3O3. The van der Waals surface area contributed by atoms with Crippen LogP contribution in [0.15, 0.2) is 53.3 Å². The number of benzene rings is 2. The van der Waals surface area contributed by atoms with Crippen molar-refractivity contribution in [2.75, 3.05) is 0 Å². The summed E-state index contributed by atoms with van der Waals surface area (Å²) in [6, 6.07) is 14.6. The highest BCUT2D eigenvalue weighted by Crippen LogP contribution is 2.28. The number of aromatic nitrogens is 3. The predicted octanol–water partition coefficient (Wildman–Crippen LogP) is 2.88. The molecule has 2 aromatic carbocycles. The van der Waals surface area contributed by atoms with Crippen molar-refractivity contribution in [1.29, 1.82) is 0 Å². The number of carboxylic acids is 1. The molecule has 0 fully saturated rings. The summed E-state index contributed by atoms with van der Waals surface area (Å²) in [5, 5.41) is 14.9. The molecule has 0 aliphatic carbocycles. The van der Waals surface area contributed by atoms with E-state index < -0.39 is 5.97 Å². The van der Waals surface area contributed by atoms with Gasteiger partial charge in [0.05, 0.1) is 5.69 Å². The van der Waals surface area contributed by atoms with Crippen LogP contribution >= 0.6 is 0 Å². The fourth-order valence-electron chi connectivity index (χ4n) is 3.19. The molecule has 2 aromatic heterocycles. The molecule has 0 unspecified atom stereocenters. The van der Waals surface area contributed by atoms with E-state index in [0.29, 0.717) is 22.0 Å². The molecule has 0 bridgehead atoms. The minimum absolute atomic E-state index is 0.132. The first kappa shape index (κ1) is 15.1. The van der Waals surface area contributed by atoms with Gasteiger partial charge in [-0.2, -0.15) is 9.78 Å². The second-order valence-electron chi connectivity index (χ2n) is 6.01. The highest BCUT2D eigenvalue weighted by molar-refractivity contribution is 6.15. The van der Waals surface area contributed by atoms with E-state index in [1.165, 1.54) is 0 Å². The van der Waals surface area contributed by atoms with Crippen LogP contribution in [0.2, 0.25) is 0 Å². The lowest BCUT2D eigenvalue weighted by atomic mass is 10.1. The quantitative estimate of drug-likeness (QED) is 0.612. The summed E-state index contributed by atoms with van der Waals surface area (Å²) in [4.78, 5) is 24.9. The largest absolute Gasteiger partial charge is 0.476 e. The van der Waals surface area contributed by atoms with Gasteiger partial charge in [0.25, 0.3) is 5.56 Å². The number of rotatable bonds is 2. The van der Waals surface area contributed by atoms with Gasteiger partial charge >= 0.3 is 5.97 Å². The molecule has 0 saturated carbocycles. The molecule has 0 radical (unpaired) electrons. The molecule has 2 heterocycles. The van der Waals surface area contributed by atoms with Crippen molar-refractivity contribution in [3.8, 4) is 5.69 Å². The van der Waals surface area contributed by atoms with Crippen molar-refractivity contribution in [1.82, 2.24) is 14.3 Å². The Labute approximate surface area is 142 Å². The van der Waals surface area contributed by atoms with Gasteiger partial charge in [0.1, 0.15) is 5.52 Å². The van der Waals surface area contributed by atoms with E-state index in [9.17, 15) is 14.7 Å². The van der Waals surface area contributed by atoms with Crippen molar-refractivity contribution < 1.29 is 9.90 Å². The Morgan fingerprint density at radius 3 is 2.44 bits per heavy atom. The first-order valence-corrected chi connectivity index (χ1v) is 7.80. The number of hydrogen-bond acceptors (Lipinski definition) is 3. The van der Waals surface area contributed by atoms with Crippen LogP contribution in [-0.2, 0) is 7.05 Å². The summed E-state index contributed by atoms with van der Waals surface area (Å²) in [6.45, 7) is 1.94. The Morgan fingerprint density at radius 1 is 1.08 bits per heavy atom. The molecule has 0 amide bonds. The predicted molar refractivity (Wildman–Crippen MR) is 95.5 cm³/mol. The van der Waals surface area contributed by atoms with Crippen LogP contribution in [-0.4, -0.2) is 25.4 Å². The minimum atomic E-state index is -1.16. The normalized spacial score (nSPS) is 11.3. The van der Waals surface area contributed by atoms with Gasteiger partial charge in [0, 0.05) is 23.3 Å². The SMILES string of the molecule is Cc1ccc(-n2nc(C(=O)O)c3c4ccccc4n(C)c3c2=O)cc1. The average molecular weight is 333 g/mol. The van der Waals surface area contributed by atoms with Crippen LogP contribution < -0.4 is 5.56 Å². The summed E-state index contributed by atoms with van der Waals surface area (Å²) in [6.07, 6.45) is 0. The molecule has 1 N–H and O–H groups in total. The summed E-state index contributed by atoms with van der Waals surface area (Å²) in [5.74, 6) is -1.16. The maximum absolute atomic E-state index is 13.1. The second-order valence-corrected chi connectivity index (χ2v) is 6.01. The molecule has 6 heteroatoms. The molecular weight excluding hydrogens is 318 g/mol. The molecule has 4 aromatic rings. The molecule has 0 spiro atoms. The molecule has 6 nitrogen and oxygen atoms in total. The molecule has 0 aliphatic rings. The zero-order valence-electron chi connectivity index (χ0n) is 13.7. The van der Waals surface area contributed by atoms with Gasteiger partial charge in [-0.05, 0) is 25.1 Å². The molecule has 0 atom stereocenters. The highest BCUT2D eigenvalue weighted by atomic mass is 16.4. The van der Waals surface area contributed by atoms with Crippen molar-refractivity contribution in [2.24, 2.45) is 7.05 Å². The van der Waals surface area contributed by atoms with Gasteiger partial charge in [0.2, 0.25) is 0 Å². The topological polar surface area (TPSA) is 77.1 Å². The van der Waals surface area contributed by atoms with Crippen molar-refractivity contribution in [3.05, 3.63) is 70.1 Å². The third-order valence-corrected chi connectivity index (χ3v) is 4.42. The summed E-state index contributed by atoms with van der Waals surface area (Å²) >= 11 is 0. The maximum atomic E-state index is 13.1. The zero-order valence-corrected chi connectivity index (χ0v) is 13.7. The smallest absolute Gasteiger partial charge is 0.357 e. The summed E-state index contributed by atoms with van der Waals surface area (Å²) in [5.41, 5.74) is 2.22. The van der Waals surface area contributed by atoms with Crippen molar-refractivity contribution in [2.45, 2.75) is 6.92 Å². The van der Waals surface area contributed by atoms with E-state index in [-0.39, 0.29) is 11.3 Å². The lowest BCUT2D eigenvalue weighted by molar-refractivity contribution is 0.0691. The van der Waals surface area contributed by atoms with E-state index in [2.05, 4.69) is 5.10 Å². The monoisotopic (exact) mass is 333 g/mol. The highest BCUT2D eigenvalue weighted by Gasteiger charge is 2.22. The first-order chi connectivity index (χ1) is 12.0. The van der Waals surface area contributed by atoms with Gasteiger partial charge < -0.3 is 9.67 Å². The molecule has 25 heavy (non-hydrogen) atoms. The van der Waals surface area contributed by atoms with E-state index in [1.807, 2.05) is 37.3 Å². The van der Waals surface area contributed by atoms with E-state index >= 15 is 0 Å². The maximum Gasteiger partial charge on any atom is 0.357 e. The van der Waals surface area contributed by atoms with Crippen LogP contribution in [0.4, 0.5) is 0 Å². The van der Waals surface area contributed by atoms with E-state index in [0.717, 1.165) is 15.8 Å². The lowest BCUT2D eigenvalue weighted by Crippen LogP contribution is -2.25. The lowest BCUT2D eigenvalue weighted by Gasteiger charge is -2.08. The minimum Gasteiger partial charge on any atom is -0.476 e. The fraction of sp³-hybridized carbons (Fsp3) is 0.105. The van der Waals surface area contributed by atoms with Gasteiger partial charge in [-0.15, -0.1) is 0 Å². The number of aryl methyl sites for hydroxylation is 2.